The van der Waals surface area contributed by atoms with E-state index in [1.165, 1.54) is 0 Å². The number of hydrogen-bond donors (Lipinski definition) is 0. The fourth-order valence-electron chi connectivity index (χ4n) is 3.86. The summed E-state index contributed by atoms with van der Waals surface area (Å²) in [5, 5.41) is 0.756. The van der Waals surface area contributed by atoms with Gasteiger partial charge in [0.2, 0.25) is 0 Å². The van der Waals surface area contributed by atoms with Gasteiger partial charge >= 0.3 is 18.9 Å². The quantitative estimate of drug-likeness (QED) is 0.140. The van der Waals surface area contributed by atoms with E-state index in [4.69, 9.17) is 23.7 Å². The summed E-state index contributed by atoms with van der Waals surface area (Å²) in [6, 6.07) is 9.18. The molecule has 0 aliphatic heterocycles. The molecular formula is C30H45LiO6P+. The van der Waals surface area contributed by atoms with Crippen LogP contribution in [0.4, 0.5) is 0 Å². The maximum atomic E-state index is 13.7. The van der Waals surface area contributed by atoms with Crippen LogP contribution in [0.25, 0.3) is 0 Å². The Morgan fingerprint density at radius 1 is 0.684 bits per heavy atom. The van der Waals surface area contributed by atoms with E-state index in [0.717, 1.165) is 63.1 Å². The number of rotatable bonds is 20. The summed E-state index contributed by atoms with van der Waals surface area (Å²) in [6.45, 7) is 8.29. The van der Waals surface area contributed by atoms with Gasteiger partial charge in [-0.05, 0) is 40.0 Å². The molecule has 0 spiro atoms. The fourth-order valence-corrected chi connectivity index (χ4v) is 5.00. The first kappa shape index (κ1) is 34.2. The van der Waals surface area contributed by atoms with Crippen molar-refractivity contribution in [3.63, 3.8) is 0 Å². The van der Waals surface area contributed by atoms with Crippen molar-refractivity contribution >= 4 is 19.4 Å². The number of unbranched alkanes of at least 4 members (excludes halogenated alkanes) is 6. The van der Waals surface area contributed by atoms with Crippen LogP contribution in [-0.2, 0) is 0 Å². The summed E-state index contributed by atoms with van der Waals surface area (Å²) >= 11 is 0. The number of carbonyl (C=O) groups excluding carboxylic acids is 1. The Morgan fingerprint density at radius 3 is 1.55 bits per heavy atom. The Labute approximate surface area is 243 Å². The second-order valence-electron chi connectivity index (χ2n) is 8.95. The van der Waals surface area contributed by atoms with Crippen molar-refractivity contribution in [1.29, 1.82) is 0 Å². The van der Waals surface area contributed by atoms with E-state index in [1.54, 1.807) is 26.4 Å². The van der Waals surface area contributed by atoms with E-state index < -0.39 is 0 Å². The Balaban J connectivity index is 0.00000722. The predicted octanol–water partition coefficient (Wildman–Crippen LogP) is 4.56. The summed E-state index contributed by atoms with van der Waals surface area (Å²) in [5.41, 5.74) is 0.335. The van der Waals surface area contributed by atoms with Gasteiger partial charge < -0.3 is 23.7 Å². The molecule has 2 aromatic rings. The van der Waals surface area contributed by atoms with Crippen molar-refractivity contribution < 1.29 is 47.3 Å². The molecule has 0 heterocycles. The van der Waals surface area contributed by atoms with Crippen molar-refractivity contribution in [2.45, 2.75) is 78.6 Å². The van der Waals surface area contributed by atoms with Crippen LogP contribution in [0.1, 0.15) is 88.9 Å². The van der Waals surface area contributed by atoms with Crippen LogP contribution in [-0.4, -0.2) is 39.6 Å². The fraction of sp³-hybridized carbons (Fsp3) is 0.567. The van der Waals surface area contributed by atoms with Crippen LogP contribution in [0.15, 0.2) is 30.3 Å². The molecule has 0 fully saturated rings. The van der Waals surface area contributed by atoms with Crippen molar-refractivity contribution in [2.75, 3.05) is 34.0 Å². The average Bonchev–Trinajstić information content (AvgIpc) is 2.92. The number of benzene rings is 2. The molecule has 206 valence electrons. The Bertz CT molecular complexity index is 897. The predicted molar refractivity (Wildman–Crippen MR) is 153 cm³/mol. The van der Waals surface area contributed by atoms with E-state index >= 15 is 0 Å². The SMILES string of the molecule is CCCCCOc1cc(OCCCCC)c(PC(=O)c2c(OC)cccc2OC)c(OCCCCC)c1.[Li+]. The third-order valence-corrected chi connectivity index (χ3v) is 7.18. The van der Waals surface area contributed by atoms with E-state index in [-0.39, 0.29) is 33.0 Å². The molecule has 0 aromatic heterocycles. The largest absolute Gasteiger partial charge is 1.00 e. The molecule has 0 aliphatic rings. The minimum absolute atomic E-state index is 0. The zero-order chi connectivity index (χ0) is 26.9. The molecule has 0 aliphatic carbocycles. The molecule has 0 saturated heterocycles. The first-order chi connectivity index (χ1) is 18.1. The molecule has 8 heteroatoms. The Kier molecular flexibility index (Phi) is 18.1. The first-order valence-electron chi connectivity index (χ1n) is 13.7. The first-order valence-corrected chi connectivity index (χ1v) is 14.7. The van der Waals surface area contributed by atoms with Crippen molar-refractivity contribution in [3.8, 4) is 28.7 Å². The van der Waals surface area contributed by atoms with Gasteiger partial charge in [-0.1, -0.05) is 65.4 Å². The van der Waals surface area contributed by atoms with Crippen LogP contribution < -0.4 is 47.8 Å². The molecule has 0 saturated carbocycles. The van der Waals surface area contributed by atoms with Gasteiger partial charge in [0.1, 0.15) is 34.3 Å². The zero-order valence-corrected chi connectivity index (χ0v) is 25.3. The van der Waals surface area contributed by atoms with E-state index in [1.807, 2.05) is 18.2 Å². The third kappa shape index (κ3) is 11.1. The monoisotopic (exact) mass is 539 g/mol. The van der Waals surface area contributed by atoms with Crippen LogP contribution in [0.2, 0.25) is 0 Å². The number of methoxy groups -OCH3 is 2. The second kappa shape index (κ2) is 20.1. The third-order valence-electron chi connectivity index (χ3n) is 5.96. The summed E-state index contributed by atoms with van der Waals surface area (Å²) in [5.74, 6) is 2.99. The van der Waals surface area contributed by atoms with Crippen molar-refractivity contribution in [1.82, 2.24) is 0 Å². The second-order valence-corrected chi connectivity index (χ2v) is 10.2. The Hall–Kier alpha value is -1.86. The number of hydrogen-bond acceptors (Lipinski definition) is 6. The van der Waals surface area contributed by atoms with Crippen molar-refractivity contribution in [3.05, 3.63) is 35.9 Å². The van der Waals surface area contributed by atoms with E-state index in [0.29, 0.717) is 54.1 Å². The normalized spacial score (nSPS) is 10.8. The number of carbonyl (C=O) groups is 1. The van der Waals surface area contributed by atoms with Gasteiger partial charge in [0, 0.05) is 12.1 Å². The molecule has 1 atom stereocenters. The van der Waals surface area contributed by atoms with Gasteiger partial charge in [-0.2, -0.15) is 0 Å². The standard InChI is InChI=1S/C30H45O6P.Li/c1-6-9-12-18-34-23-21-26(35-19-13-10-7-2)29(27(22-23)36-20-14-11-8-3)37-30(31)28-24(32-4)16-15-17-25(28)33-5;/h15-17,21-22,37H,6-14,18-20H2,1-5H3;/q;+1. The van der Waals surface area contributed by atoms with Gasteiger partial charge in [-0.3, -0.25) is 4.79 Å². The molecule has 0 amide bonds. The molecule has 38 heavy (non-hydrogen) atoms. The summed E-state index contributed by atoms with van der Waals surface area (Å²) < 4.78 is 29.6. The minimum Gasteiger partial charge on any atom is -0.496 e. The Morgan fingerprint density at radius 2 is 1.13 bits per heavy atom. The molecule has 6 nitrogen and oxygen atoms in total. The molecule has 0 radical (unpaired) electrons. The average molecular weight is 540 g/mol. The molecule has 2 rings (SSSR count). The van der Waals surface area contributed by atoms with Gasteiger partial charge in [0.15, 0.2) is 5.52 Å². The minimum atomic E-state index is -0.229. The maximum Gasteiger partial charge on any atom is 1.00 e. The van der Waals surface area contributed by atoms with Gasteiger partial charge in [0.05, 0.1) is 39.3 Å². The van der Waals surface area contributed by atoms with Gasteiger partial charge in [-0.25, -0.2) is 0 Å². The molecule has 0 bridgehead atoms. The summed E-state index contributed by atoms with van der Waals surface area (Å²) in [7, 11) is 2.89. The smallest absolute Gasteiger partial charge is 0.496 e. The van der Waals surface area contributed by atoms with Crippen LogP contribution in [0.3, 0.4) is 0 Å². The molecule has 0 N–H and O–H groups in total. The van der Waals surface area contributed by atoms with Gasteiger partial charge in [-0.15, -0.1) is 0 Å². The zero-order valence-electron chi connectivity index (χ0n) is 24.3. The van der Waals surface area contributed by atoms with E-state index in [9.17, 15) is 4.79 Å². The van der Waals surface area contributed by atoms with Crippen LogP contribution in [0.5, 0.6) is 28.7 Å². The van der Waals surface area contributed by atoms with Crippen LogP contribution >= 0.6 is 8.58 Å². The molecule has 2 aromatic carbocycles. The number of ether oxygens (including phenoxy) is 5. The molecule has 1 unspecified atom stereocenters. The maximum absolute atomic E-state index is 13.7. The van der Waals surface area contributed by atoms with Crippen molar-refractivity contribution in [2.24, 2.45) is 0 Å². The summed E-state index contributed by atoms with van der Waals surface area (Å²) in [6.07, 6.45) is 9.53. The summed E-state index contributed by atoms with van der Waals surface area (Å²) in [4.78, 5) is 13.7. The topological polar surface area (TPSA) is 63.2 Å². The van der Waals surface area contributed by atoms with Gasteiger partial charge in [0.25, 0.3) is 0 Å². The van der Waals surface area contributed by atoms with E-state index in [2.05, 4.69) is 20.8 Å². The molecular weight excluding hydrogens is 494 g/mol. The van der Waals surface area contributed by atoms with Crippen LogP contribution in [0, 0.1) is 0 Å².